The Morgan fingerprint density at radius 2 is 2.19 bits per heavy atom. The molecular weight excluding hydrogens is 216 g/mol. The van der Waals surface area contributed by atoms with Crippen molar-refractivity contribution in [1.29, 1.82) is 0 Å². The van der Waals surface area contributed by atoms with Gasteiger partial charge in [0.05, 0.1) is 19.2 Å². The van der Waals surface area contributed by atoms with Gasteiger partial charge in [-0.15, -0.1) is 0 Å². The number of halogens is 2. The Balaban J connectivity index is 3.29. The van der Waals surface area contributed by atoms with Crippen LogP contribution in [0.5, 0.6) is 5.75 Å². The molecule has 0 saturated carbocycles. The van der Waals surface area contributed by atoms with Crippen molar-refractivity contribution in [3.63, 3.8) is 0 Å². The van der Waals surface area contributed by atoms with Crippen LogP contribution in [0.3, 0.4) is 0 Å². The van der Waals surface area contributed by atoms with Crippen LogP contribution in [0.25, 0.3) is 0 Å². The number of methoxy groups -OCH3 is 1. The number of isocyanates is 1. The number of ether oxygens (including phenoxy) is 1. The van der Waals surface area contributed by atoms with Crippen LogP contribution in [0.4, 0.5) is 8.78 Å². The average molecular weight is 227 g/mol. The van der Waals surface area contributed by atoms with E-state index in [9.17, 15) is 13.6 Å². The van der Waals surface area contributed by atoms with E-state index in [1.54, 1.807) is 13.0 Å². The quantitative estimate of drug-likeness (QED) is 0.586. The molecule has 16 heavy (non-hydrogen) atoms. The van der Waals surface area contributed by atoms with Gasteiger partial charge in [0, 0.05) is 5.56 Å². The van der Waals surface area contributed by atoms with Crippen LogP contribution in [0.15, 0.2) is 17.1 Å². The second kappa shape index (κ2) is 5.37. The first-order valence-corrected chi connectivity index (χ1v) is 4.59. The standard InChI is InChI=1S/C11H11F2NO2/c1-7-3-8(5-14-6-15)10(16-2)9(4-7)11(12)13/h3-4,11H,5H2,1-2H3. The number of hydrogen-bond acceptors (Lipinski definition) is 3. The Kier molecular flexibility index (Phi) is 4.14. The van der Waals surface area contributed by atoms with E-state index in [0.29, 0.717) is 11.1 Å². The van der Waals surface area contributed by atoms with Crippen molar-refractivity contribution < 1.29 is 18.3 Å². The lowest BCUT2D eigenvalue weighted by atomic mass is 10.0. The summed E-state index contributed by atoms with van der Waals surface area (Å²) >= 11 is 0. The predicted octanol–water partition coefficient (Wildman–Crippen LogP) is 2.78. The number of alkyl halides is 2. The smallest absolute Gasteiger partial charge is 0.267 e. The van der Waals surface area contributed by atoms with E-state index in [1.165, 1.54) is 19.3 Å². The van der Waals surface area contributed by atoms with E-state index in [2.05, 4.69) is 4.99 Å². The molecule has 1 aromatic carbocycles. The minimum atomic E-state index is -2.62. The Morgan fingerprint density at radius 1 is 1.50 bits per heavy atom. The molecule has 0 atom stereocenters. The molecule has 0 fully saturated rings. The van der Waals surface area contributed by atoms with Crippen LogP contribution >= 0.6 is 0 Å². The van der Waals surface area contributed by atoms with E-state index in [-0.39, 0.29) is 17.9 Å². The lowest BCUT2D eigenvalue weighted by Crippen LogP contribution is -1.99. The van der Waals surface area contributed by atoms with Crippen molar-refractivity contribution in [3.05, 3.63) is 28.8 Å². The maximum atomic E-state index is 12.7. The van der Waals surface area contributed by atoms with Gasteiger partial charge in [-0.25, -0.2) is 18.6 Å². The van der Waals surface area contributed by atoms with Crippen LogP contribution in [0.2, 0.25) is 0 Å². The zero-order valence-electron chi connectivity index (χ0n) is 8.96. The molecule has 0 amide bonds. The third-order valence-corrected chi connectivity index (χ3v) is 2.09. The first-order chi connectivity index (χ1) is 7.60. The number of nitrogens with zero attached hydrogens (tertiary/aromatic N) is 1. The summed E-state index contributed by atoms with van der Waals surface area (Å²) in [6.45, 7) is 1.69. The summed E-state index contributed by atoms with van der Waals surface area (Å²) in [6.07, 6.45) is -1.25. The van der Waals surface area contributed by atoms with Gasteiger partial charge in [-0.3, -0.25) is 0 Å². The molecule has 0 aliphatic carbocycles. The highest BCUT2D eigenvalue weighted by atomic mass is 19.3. The van der Waals surface area contributed by atoms with Gasteiger partial charge in [0.2, 0.25) is 6.08 Å². The highest BCUT2D eigenvalue weighted by Crippen LogP contribution is 2.33. The van der Waals surface area contributed by atoms with Gasteiger partial charge in [-0.2, -0.15) is 0 Å². The summed E-state index contributed by atoms with van der Waals surface area (Å²) in [5.41, 5.74) is 0.951. The molecule has 0 aromatic heterocycles. The summed E-state index contributed by atoms with van der Waals surface area (Å²) < 4.78 is 30.3. The van der Waals surface area contributed by atoms with Crippen LogP contribution in [-0.4, -0.2) is 13.2 Å². The Hall–Kier alpha value is -1.74. The summed E-state index contributed by atoms with van der Waals surface area (Å²) in [5.74, 6) is 0.0830. The molecule has 0 spiro atoms. The van der Waals surface area contributed by atoms with Crippen molar-refractivity contribution >= 4 is 6.08 Å². The number of benzene rings is 1. The van der Waals surface area contributed by atoms with E-state index >= 15 is 0 Å². The maximum absolute atomic E-state index is 12.7. The lowest BCUT2D eigenvalue weighted by Gasteiger charge is -2.12. The van der Waals surface area contributed by atoms with Crippen LogP contribution in [-0.2, 0) is 11.3 Å². The number of aryl methyl sites for hydroxylation is 1. The maximum Gasteiger partial charge on any atom is 0.267 e. The number of carbonyl (C=O) groups excluding carboxylic acids is 1. The first-order valence-electron chi connectivity index (χ1n) is 4.59. The average Bonchev–Trinajstić information content (AvgIpc) is 2.25. The van der Waals surface area contributed by atoms with Gasteiger partial charge >= 0.3 is 0 Å². The minimum absolute atomic E-state index is 0.00588. The molecule has 1 aromatic rings. The van der Waals surface area contributed by atoms with Gasteiger partial charge in [-0.05, 0) is 13.0 Å². The Bertz CT molecular complexity index is 426. The largest absolute Gasteiger partial charge is 0.496 e. The summed E-state index contributed by atoms with van der Waals surface area (Å²) in [4.78, 5) is 13.4. The van der Waals surface area contributed by atoms with Crippen LogP contribution in [0.1, 0.15) is 23.1 Å². The van der Waals surface area contributed by atoms with Gasteiger partial charge in [-0.1, -0.05) is 11.6 Å². The molecule has 0 unspecified atom stereocenters. The summed E-state index contributed by atoms with van der Waals surface area (Å²) in [6, 6.07) is 3.02. The number of hydrogen-bond donors (Lipinski definition) is 0. The van der Waals surface area contributed by atoms with Crippen molar-refractivity contribution in [2.24, 2.45) is 4.99 Å². The van der Waals surface area contributed by atoms with E-state index in [1.807, 2.05) is 0 Å². The minimum Gasteiger partial charge on any atom is -0.496 e. The second-order valence-electron chi connectivity index (χ2n) is 3.25. The highest BCUT2D eigenvalue weighted by molar-refractivity contribution is 5.46. The molecule has 86 valence electrons. The highest BCUT2D eigenvalue weighted by Gasteiger charge is 2.17. The molecule has 0 aliphatic rings. The van der Waals surface area contributed by atoms with Crippen molar-refractivity contribution in [3.8, 4) is 5.75 Å². The monoisotopic (exact) mass is 227 g/mol. The van der Waals surface area contributed by atoms with E-state index < -0.39 is 6.43 Å². The third kappa shape index (κ3) is 2.64. The molecule has 3 nitrogen and oxygen atoms in total. The molecule has 5 heteroatoms. The van der Waals surface area contributed by atoms with Gasteiger partial charge in [0.15, 0.2) is 0 Å². The van der Waals surface area contributed by atoms with E-state index in [0.717, 1.165) is 0 Å². The Morgan fingerprint density at radius 3 is 2.69 bits per heavy atom. The van der Waals surface area contributed by atoms with Crippen molar-refractivity contribution in [2.45, 2.75) is 19.9 Å². The molecular formula is C11H11F2NO2. The predicted molar refractivity (Wildman–Crippen MR) is 54.5 cm³/mol. The fourth-order valence-electron chi connectivity index (χ4n) is 1.52. The second-order valence-corrected chi connectivity index (χ2v) is 3.25. The summed E-state index contributed by atoms with van der Waals surface area (Å²) in [5, 5.41) is 0. The molecule has 0 heterocycles. The number of rotatable bonds is 4. The van der Waals surface area contributed by atoms with Gasteiger partial charge in [0.25, 0.3) is 6.43 Å². The van der Waals surface area contributed by atoms with Crippen molar-refractivity contribution in [1.82, 2.24) is 0 Å². The van der Waals surface area contributed by atoms with Gasteiger partial charge < -0.3 is 4.74 Å². The zero-order chi connectivity index (χ0) is 12.1. The first kappa shape index (κ1) is 12.3. The molecule has 0 saturated heterocycles. The van der Waals surface area contributed by atoms with Crippen LogP contribution < -0.4 is 4.74 Å². The normalized spacial score (nSPS) is 10.1. The lowest BCUT2D eigenvalue weighted by molar-refractivity contribution is 0.146. The molecule has 1 rings (SSSR count). The summed E-state index contributed by atoms with van der Waals surface area (Å²) in [7, 11) is 1.31. The fraction of sp³-hybridized carbons (Fsp3) is 0.364. The topological polar surface area (TPSA) is 38.7 Å². The van der Waals surface area contributed by atoms with Gasteiger partial charge in [0.1, 0.15) is 5.75 Å². The number of aliphatic imine (C=N–C) groups is 1. The molecule has 0 radical (unpaired) electrons. The molecule has 0 bridgehead atoms. The van der Waals surface area contributed by atoms with E-state index in [4.69, 9.17) is 4.74 Å². The molecule has 0 aliphatic heterocycles. The zero-order valence-corrected chi connectivity index (χ0v) is 8.96. The van der Waals surface area contributed by atoms with Crippen LogP contribution in [0, 0.1) is 6.92 Å². The van der Waals surface area contributed by atoms with Crippen molar-refractivity contribution in [2.75, 3.05) is 7.11 Å². The Labute approximate surface area is 91.8 Å². The SMILES string of the molecule is COc1c(CN=C=O)cc(C)cc1C(F)F. The third-order valence-electron chi connectivity index (χ3n) is 2.09. The molecule has 0 N–H and O–H groups in total. The fourth-order valence-corrected chi connectivity index (χ4v) is 1.52.